The van der Waals surface area contributed by atoms with Gasteiger partial charge in [-0.15, -0.1) is 0 Å². The second-order valence-electron chi connectivity index (χ2n) is 5.79. The molecule has 2 heterocycles. The van der Waals surface area contributed by atoms with Gasteiger partial charge in [-0.3, -0.25) is 0 Å². The first-order valence-corrected chi connectivity index (χ1v) is 10.1. The summed E-state index contributed by atoms with van der Waals surface area (Å²) < 4.78 is 28.2. The van der Waals surface area contributed by atoms with Crippen LogP contribution in [0.5, 0.6) is 0 Å². The zero-order valence-corrected chi connectivity index (χ0v) is 15.5. The summed E-state index contributed by atoms with van der Waals surface area (Å²) in [5, 5.41) is 0. The molecule has 0 unspecified atom stereocenters. The molecule has 1 N–H and O–H groups in total. The molecule has 1 saturated heterocycles. The lowest BCUT2D eigenvalue weighted by Gasteiger charge is -2.31. The highest BCUT2D eigenvalue weighted by Gasteiger charge is 2.23. The molecule has 0 radical (unpaired) electrons. The summed E-state index contributed by atoms with van der Waals surface area (Å²) in [5.74, 6) is 1.07. The van der Waals surface area contributed by atoms with Crippen molar-refractivity contribution in [3.63, 3.8) is 0 Å². The number of hydrogen-bond donors (Lipinski definition) is 1. The van der Waals surface area contributed by atoms with E-state index in [9.17, 15) is 8.42 Å². The third kappa shape index (κ3) is 4.31. The Hall–Kier alpha value is -1.51. The van der Waals surface area contributed by atoms with Crippen LogP contribution in [0.15, 0.2) is 52.1 Å². The molecule has 1 aromatic heterocycles. The lowest BCUT2D eigenvalue weighted by atomic mass is 9.97. The van der Waals surface area contributed by atoms with Crippen molar-refractivity contribution in [3.8, 4) is 0 Å². The van der Waals surface area contributed by atoms with Crippen LogP contribution in [0.2, 0.25) is 0 Å². The maximum atomic E-state index is 12.3. The third-order valence-corrected chi connectivity index (χ3v) is 6.10. The van der Waals surface area contributed by atoms with E-state index in [1.165, 1.54) is 0 Å². The number of rotatable bonds is 5. The average Bonchev–Trinajstić information content (AvgIpc) is 2.62. The van der Waals surface area contributed by atoms with Crippen LogP contribution < -0.4 is 9.62 Å². The molecule has 0 atom stereocenters. The first kappa shape index (κ1) is 17.3. The van der Waals surface area contributed by atoms with E-state index in [1.807, 2.05) is 0 Å². The standard InChI is InChI=1S/C16H19BrN4O2S/c17-14-2-4-15(5-3-14)24(22,23)20-12-13-6-10-21(11-7-13)16-18-8-1-9-19-16/h1-5,8-9,13,20H,6-7,10-12H2. The van der Waals surface area contributed by atoms with Gasteiger partial charge < -0.3 is 4.90 Å². The van der Waals surface area contributed by atoms with Crippen LogP contribution in [0.25, 0.3) is 0 Å². The van der Waals surface area contributed by atoms with Gasteiger partial charge in [-0.2, -0.15) is 0 Å². The number of benzene rings is 1. The first-order chi connectivity index (χ1) is 11.5. The van der Waals surface area contributed by atoms with Crippen LogP contribution >= 0.6 is 15.9 Å². The third-order valence-electron chi connectivity index (χ3n) is 4.14. The van der Waals surface area contributed by atoms with E-state index in [1.54, 1.807) is 42.7 Å². The minimum Gasteiger partial charge on any atom is -0.341 e. The molecule has 0 saturated carbocycles. The van der Waals surface area contributed by atoms with Crippen molar-refractivity contribution in [2.75, 3.05) is 24.5 Å². The Labute approximate surface area is 150 Å². The molecule has 0 bridgehead atoms. The summed E-state index contributed by atoms with van der Waals surface area (Å²) in [6.07, 6.45) is 5.31. The SMILES string of the molecule is O=S(=O)(NCC1CCN(c2ncccn2)CC1)c1ccc(Br)cc1. The van der Waals surface area contributed by atoms with Gasteiger partial charge >= 0.3 is 0 Å². The van der Waals surface area contributed by atoms with Crippen LogP contribution in [0.1, 0.15) is 12.8 Å². The van der Waals surface area contributed by atoms with Gasteiger partial charge in [0.05, 0.1) is 4.90 Å². The number of nitrogens with zero attached hydrogens (tertiary/aromatic N) is 3. The molecule has 6 nitrogen and oxygen atoms in total. The predicted molar refractivity (Wildman–Crippen MR) is 96.3 cm³/mol. The topological polar surface area (TPSA) is 75.2 Å². The molecule has 1 aliphatic heterocycles. The molecule has 8 heteroatoms. The Balaban J connectivity index is 1.52. The van der Waals surface area contributed by atoms with Crippen LogP contribution in [-0.2, 0) is 10.0 Å². The van der Waals surface area contributed by atoms with E-state index in [0.29, 0.717) is 17.4 Å². The Bertz CT molecular complexity index is 760. The van der Waals surface area contributed by atoms with Crippen LogP contribution in [0, 0.1) is 5.92 Å². The lowest BCUT2D eigenvalue weighted by Crippen LogP contribution is -2.39. The average molecular weight is 411 g/mol. The molecule has 3 rings (SSSR count). The zero-order chi connectivity index (χ0) is 17.0. The van der Waals surface area contributed by atoms with E-state index < -0.39 is 10.0 Å². The minimum absolute atomic E-state index is 0.292. The van der Waals surface area contributed by atoms with Gasteiger partial charge in [0.1, 0.15) is 0 Å². The van der Waals surface area contributed by atoms with Gasteiger partial charge in [-0.05, 0) is 49.1 Å². The molecule has 24 heavy (non-hydrogen) atoms. The van der Waals surface area contributed by atoms with E-state index in [0.717, 1.165) is 36.4 Å². The van der Waals surface area contributed by atoms with E-state index in [2.05, 4.69) is 35.5 Å². The van der Waals surface area contributed by atoms with Crippen LogP contribution in [0.3, 0.4) is 0 Å². The van der Waals surface area contributed by atoms with Crippen molar-refractivity contribution in [3.05, 3.63) is 47.2 Å². The number of hydrogen-bond acceptors (Lipinski definition) is 5. The molecule has 1 aliphatic rings. The first-order valence-electron chi connectivity index (χ1n) is 7.82. The van der Waals surface area contributed by atoms with Gasteiger partial charge in [-0.25, -0.2) is 23.1 Å². The Morgan fingerprint density at radius 3 is 2.38 bits per heavy atom. The quantitative estimate of drug-likeness (QED) is 0.818. The van der Waals surface area contributed by atoms with Gasteiger partial charge in [0.15, 0.2) is 0 Å². The fourth-order valence-corrected chi connectivity index (χ4v) is 4.10. The predicted octanol–water partition coefficient (Wildman–Crippen LogP) is 2.43. The second-order valence-corrected chi connectivity index (χ2v) is 8.47. The molecule has 0 amide bonds. The van der Waals surface area contributed by atoms with E-state index >= 15 is 0 Å². The van der Waals surface area contributed by atoms with Crippen molar-refractivity contribution in [1.82, 2.24) is 14.7 Å². The van der Waals surface area contributed by atoms with Crippen molar-refractivity contribution >= 4 is 31.9 Å². The van der Waals surface area contributed by atoms with E-state index in [-0.39, 0.29) is 0 Å². The highest BCUT2D eigenvalue weighted by molar-refractivity contribution is 9.10. The highest BCUT2D eigenvalue weighted by atomic mass is 79.9. The van der Waals surface area contributed by atoms with Gasteiger partial charge in [-0.1, -0.05) is 15.9 Å². The maximum absolute atomic E-state index is 12.3. The fourth-order valence-electron chi connectivity index (χ4n) is 2.72. The molecular weight excluding hydrogens is 392 g/mol. The smallest absolute Gasteiger partial charge is 0.240 e. The Morgan fingerprint density at radius 2 is 1.75 bits per heavy atom. The molecule has 2 aromatic rings. The van der Waals surface area contributed by atoms with Gasteiger partial charge in [0, 0.05) is 36.5 Å². The number of aromatic nitrogens is 2. The van der Waals surface area contributed by atoms with Crippen LogP contribution in [0.4, 0.5) is 5.95 Å². The Kier molecular flexibility index (Phi) is 5.47. The van der Waals surface area contributed by atoms with E-state index in [4.69, 9.17) is 0 Å². The summed E-state index contributed by atoms with van der Waals surface area (Å²) in [4.78, 5) is 10.9. The van der Waals surface area contributed by atoms with Crippen molar-refractivity contribution < 1.29 is 8.42 Å². The van der Waals surface area contributed by atoms with Crippen molar-refractivity contribution in [1.29, 1.82) is 0 Å². The monoisotopic (exact) mass is 410 g/mol. The number of halogens is 1. The minimum atomic E-state index is -3.45. The van der Waals surface area contributed by atoms with Crippen LogP contribution in [-0.4, -0.2) is 38.0 Å². The summed E-state index contributed by atoms with van der Waals surface area (Å²) >= 11 is 3.31. The largest absolute Gasteiger partial charge is 0.341 e. The van der Waals surface area contributed by atoms with Gasteiger partial charge in [0.25, 0.3) is 0 Å². The van der Waals surface area contributed by atoms with Crippen molar-refractivity contribution in [2.45, 2.75) is 17.7 Å². The molecule has 1 aromatic carbocycles. The Morgan fingerprint density at radius 1 is 1.12 bits per heavy atom. The molecule has 0 aliphatic carbocycles. The lowest BCUT2D eigenvalue weighted by molar-refractivity contribution is 0.399. The highest BCUT2D eigenvalue weighted by Crippen LogP contribution is 2.20. The van der Waals surface area contributed by atoms with Crippen molar-refractivity contribution in [2.24, 2.45) is 5.92 Å². The number of sulfonamides is 1. The molecule has 0 spiro atoms. The number of piperidine rings is 1. The summed E-state index contributed by atoms with van der Waals surface area (Å²) in [6, 6.07) is 8.45. The summed E-state index contributed by atoms with van der Waals surface area (Å²) in [6.45, 7) is 2.14. The summed E-state index contributed by atoms with van der Waals surface area (Å²) in [5.41, 5.74) is 0. The molecule has 128 valence electrons. The molecule has 1 fully saturated rings. The number of anilines is 1. The maximum Gasteiger partial charge on any atom is 0.240 e. The fraction of sp³-hybridized carbons (Fsp3) is 0.375. The zero-order valence-electron chi connectivity index (χ0n) is 13.1. The normalized spacial score (nSPS) is 16.3. The molecular formula is C16H19BrN4O2S. The second kappa shape index (κ2) is 7.58. The summed E-state index contributed by atoms with van der Waals surface area (Å²) in [7, 11) is -3.45. The number of nitrogens with one attached hydrogen (secondary N) is 1. The van der Waals surface area contributed by atoms with Gasteiger partial charge in [0.2, 0.25) is 16.0 Å².